The van der Waals surface area contributed by atoms with Crippen molar-refractivity contribution >= 4 is 11.9 Å². The summed E-state index contributed by atoms with van der Waals surface area (Å²) in [5.41, 5.74) is 2.62. The first-order valence-electron chi connectivity index (χ1n) is 7.38. The van der Waals surface area contributed by atoms with E-state index >= 15 is 0 Å². The van der Waals surface area contributed by atoms with E-state index < -0.39 is 0 Å². The number of fused-ring (bicyclic) bond motifs is 1. The summed E-state index contributed by atoms with van der Waals surface area (Å²) in [5, 5.41) is 0. The molecule has 0 fully saturated rings. The summed E-state index contributed by atoms with van der Waals surface area (Å²) < 4.78 is 11.3. The maximum Gasteiger partial charge on any atom is 0.231 e. The van der Waals surface area contributed by atoms with Gasteiger partial charge >= 0.3 is 0 Å². The molecule has 0 saturated heterocycles. The number of aromatic nitrogens is 1. The number of carbonyl (C=O) groups is 1. The van der Waals surface area contributed by atoms with Gasteiger partial charge in [-0.3, -0.25) is 9.78 Å². The van der Waals surface area contributed by atoms with Crippen LogP contribution in [-0.2, 0) is 0 Å². The van der Waals surface area contributed by atoms with Crippen molar-refractivity contribution in [2.24, 2.45) is 0 Å². The van der Waals surface area contributed by atoms with E-state index in [0.717, 1.165) is 5.56 Å². The number of Topliss-reactive ketones (excluding diaryl/α,β-unsaturated/α-hetero) is 1. The summed E-state index contributed by atoms with van der Waals surface area (Å²) in [4.78, 5) is 16.3. The average molecular weight is 307 g/mol. The van der Waals surface area contributed by atoms with Crippen molar-refractivity contribution < 1.29 is 14.3 Å². The molecule has 0 atom stereocenters. The summed E-state index contributed by atoms with van der Waals surface area (Å²) in [6.07, 6.45) is 7.06. The highest BCUT2D eigenvalue weighted by Gasteiger charge is 2.27. The van der Waals surface area contributed by atoms with Crippen molar-refractivity contribution in [1.82, 2.24) is 4.98 Å². The van der Waals surface area contributed by atoms with E-state index in [-0.39, 0.29) is 5.78 Å². The smallest absolute Gasteiger partial charge is 0.231 e. The van der Waals surface area contributed by atoms with Crippen LogP contribution >= 0.6 is 0 Å². The number of carbonyl (C=O) groups excluding carboxylic acids is 1. The second kappa shape index (κ2) is 6.48. The molecule has 23 heavy (non-hydrogen) atoms. The quantitative estimate of drug-likeness (QED) is 0.632. The minimum Gasteiger partial charge on any atom is -0.489 e. The van der Waals surface area contributed by atoms with Crippen LogP contribution in [0.25, 0.3) is 6.08 Å². The van der Waals surface area contributed by atoms with E-state index in [4.69, 9.17) is 9.47 Å². The predicted molar refractivity (Wildman–Crippen MR) is 88.5 cm³/mol. The van der Waals surface area contributed by atoms with Crippen molar-refractivity contribution in [3.05, 3.63) is 71.3 Å². The van der Waals surface area contributed by atoms with E-state index in [1.54, 1.807) is 36.7 Å². The zero-order valence-corrected chi connectivity index (χ0v) is 13.1. The Kier molecular flexibility index (Phi) is 4.24. The molecular formula is C19H17NO3. The first-order chi connectivity index (χ1) is 11.1. The highest BCUT2D eigenvalue weighted by molar-refractivity contribution is 6.14. The Morgan fingerprint density at radius 1 is 1.22 bits per heavy atom. The van der Waals surface area contributed by atoms with E-state index in [2.05, 4.69) is 4.98 Å². The molecular weight excluding hydrogens is 290 g/mol. The van der Waals surface area contributed by atoms with Crippen molar-refractivity contribution in [3.8, 4) is 11.5 Å². The van der Waals surface area contributed by atoms with Crippen molar-refractivity contribution in [1.29, 1.82) is 0 Å². The number of hydrogen-bond acceptors (Lipinski definition) is 4. The fraction of sp³-hybridized carbons (Fsp3) is 0.158. The van der Waals surface area contributed by atoms with Gasteiger partial charge in [0.15, 0.2) is 5.76 Å². The Morgan fingerprint density at radius 3 is 2.74 bits per heavy atom. The molecule has 0 amide bonds. The van der Waals surface area contributed by atoms with Crippen LogP contribution in [0.5, 0.6) is 11.5 Å². The van der Waals surface area contributed by atoms with Crippen molar-refractivity contribution in [2.75, 3.05) is 6.61 Å². The SMILES string of the molecule is CC(C)=CCOc1ccc2c(c1)OC(=Cc1ccncc1)C2=O. The van der Waals surface area contributed by atoms with Crippen LogP contribution in [0.1, 0.15) is 29.8 Å². The molecule has 4 nitrogen and oxygen atoms in total. The van der Waals surface area contributed by atoms with Crippen molar-refractivity contribution in [2.45, 2.75) is 13.8 Å². The molecule has 4 heteroatoms. The fourth-order valence-corrected chi connectivity index (χ4v) is 2.17. The zero-order valence-electron chi connectivity index (χ0n) is 13.1. The maximum atomic E-state index is 12.4. The van der Waals surface area contributed by atoms with Gasteiger partial charge < -0.3 is 9.47 Å². The van der Waals surface area contributed by atoms with Crippen LogP contribution in [-0.4, -0.2) is 17.4 Å². The molecule has 0 aliphatic carbocycles. The minimum absolute atomic E-state index is 0.118. The second-order valence-corrected chi connectivity index (χ2v) is 5.47. The number of allylic oxidation sites excluding steroid dienone is 2. The Bertz CT molecular complexity index is 788. The van der Waals surface area contributed by atoms with Gasteiger partial charge in [-0.25, -0.2) is 0 Å². The van der Waals surface area contributed by atoms with Crippen LogP contribution < -0.4 is 9.47 Å². The van der Waals surface area contributed by atoms with Crippen LogP contribution in [0.15, 0.2) is 60.1 Å². The van der Waals surface area contributed by atoms with Crippen molar-refractivity contribution in [3.63, 3.8) is 0 Å². The summed E-state index contributed by atoms with van der Waals surface area (Å²) in [7, 11) is 0. The van der Waals surface area contributed by atoms with Crippen LogP contribution in [0.4, 0.5) is 0 Å². The summed E-state index contributed by atoms with van der Waals surface area (Å²) >= 11 is 0. The number of pyridine rings is 1. The Labute approximate surface area is 135 Å². The summed E-state index contributed by atoms with van der Waals surface area (Å²) in [5.74, 6) is 1.41. The number of ether oxygens (including phenoxy) is 2. The molecule has 2 aromatic rings. The predicted octanol–water partition coefficient (Wildman–Crippen LogP) is 4.04. The van der Waals surface area contributed by atoms with Gasteiger partial charge in [0.2, 0.25) is 5.78 Å². The number of rotatable bonds is 4. The number of ketones is 1. The lowest BCUT2D eigenvalue weighted by molar-refractivity contribution is 0.101. The van der Waals surface area contributed by atoms with E-state index in [1.165, 1.54) is 5.57 Å². The van der Waals surface area contributed by atoms with Gasteiger partial charge in [0.1, 0.15) is 18.1 Å². The number of nitrogens with zero attached hydrogens (tertiary/aromatic N) is 1. The summed E-state index contributed by atoms with van der Waals surface area (Å²) in [6, 6.07) is 8.91. The Hall–Kier alpha value is -2.88. The molecule has 0 unspecified atom stereocenters. The molecule has 1 aromatic heterocycles. The fourth-order valence-electron chi connectivity index (χ4n) is 2.17. The lowest BCUT2D eigenvalue weighted by atomic mass is 10.1. The van der Waals surface area contributed by atoms with Gasteiger partial charge in [0.05, 0.1) is 5.56 Å². The molecule has 0 saturated carbocycles. The molecule has 0 radical (unpaired) electrons. The van der Waals surface area contributed by atoms with Gasteiger partial charge in [0, 0.05) is 18.5 Å². The monoisotopic (exact) mass is 307 g/mol. The minimum atomic E-state index is -0.118. The summed E-state index contributed by atoms with van der Waals surface area (Å²) in [6.45, 7) is 4.53. The Balaban J connectivity index is 1.80. The molecule has 0 spiro atoms. The van der Waals surface area contributed by atoms with Gasteiger partial charge in [-0.1, -0.05) is 5.57 Å². The zero-order chi connectivity index (χ0) is 16.2. The molecule has 1 aliphatic heterocycles. The van der Waals surface area contributed by atoms with Gasteiger partial charge in [-0.15, -0.1) is 0 Å². The molecule has 0 N–H and O–H groups in total. The third kappa shape index (κ3) is 3.48. The second-order valence-electron chi connectivity index (χ2n) is 5.47. The lowest BCUT2D eigenvalue weighted by Crippen LogP contribution is -1.98. The van der Waals surface area contributed by atoms with E-state index in [9.17, 15) is 4.79 Å². The third-order valence-electron chi connectivity index (χ3n) is 3.39. The first kappa shape index (κ1) is 15.0. The van der Waals surface area contributed by atoms with Gasteiger partial charge in [0.25, 0.3) is 0 Å². The Morgan fingerprint density at radius 2 is 2.00 bits per heavy atom. The lowest BCUT2D eigenvalue weighted by Gasteiger charge is -2.05. The molecule has 1 aliphatic rings. The van der Waals surface area contributed by atoms with Gasteiger partial charge in [-0.2, -0.15) is 0 Å². The van der Waals surface area contributed by atoms with E-state index in [1.807, 2.05) is 32.1 Å². The first-order valence-corrected chi connectivity index (χ1v) is 7.38. The van der Waals surface area contributed by atoms with Crippen LogP contribution in [0.3, 0.4) is 0 Å². The standard InChI is InChI=1S/C19H17NO3/c1-13(2)7-10-22-15-3-4-16-17(12-15)23-18(19(16)21)11-14-5-8-20-9-6-14/h3-9,11-12H,10H2,1-2H3. The molecule has 2 heterocycles. The average Bonchev–Trinajstić information content (AvgIpc) is 2.84. The highest BCUT2D eigenvalue weighted by Crippen LogP contribution is 2.34. The van der Waals surface area contributed by atoms with E-state index in [0.29, 0.717) is 29.4 Å². The normalized spacial score (nSPS) is 14.3. The third-order valence-corrected chi connectivity index (χ3v) is 3.39. The van der Waals surface area contributed by atoms with Crippen LogP contribution in [0.2, 0.25) is 0 Å². The molecule has 0 bridgehead atoms. The molecule has 116 valence electrons. The number of benzene rings is 1. The maximum absolute atomic E-state index is 12.4. The largest absolute Gasteiger partial charge is 0.489 e. The molecule has 3 rings (SSSR count). The van der Waals surface area contributed by atoms with Gasteiger partial charge in [-0.05, 0) is 55.8 Å². The number of hydrogen-bond donors (Lipinski definition) is 0. The molecule has 1 aromatic carbocycles. The van der Waals surface area contributed by atoms with Crippen LogP contribution in [0, 0.1) is 0 Å². The highest BCUT2D eigenvalue weighted by atomic mass is 16.5. The topological polar surface area (TPSA) is 48.4 Å².